The van der Waals surface area contributed by atoms with Crippen molar-refractivity contribution in [3.05, 3.63) is 0 Å². The maximum absolute atomic E-state index is 12.8. The number of ether oxygens (including phenoxy) is 6. The van der Waals surface area contributed by atoms with E-state index in [4.69, 9.17) is 28.4 Å². The van der Waals surface area contributed by atoms with Gasteiger partial charge >= 0.3 is 5.97 Å². The molecule has 0 aromatic heterocycles. The zero-order valence-corrected chi connectivity index (χ0v) is 26.7. The van der Waals surface area contributed by atoms with Crippen LogP contribution >= 0.6 is 0 Å². The molecule has 0 bridgehead atoms. The van der Waals surface area contributed by atoms with Crippen molar-refractivity contribution in [1.82, 2.24) is 0 Å². The topological polar surface area (TPSA) is 275 Å². The van der Waals surface area contributed by atoms with Crippen LogP contribution in [0.5, 0.6) is 0 Å². The van der Waals surface area contributed by atoms with E-state index >= 15 is 0 Å². The largest absolute Gasteiger partial charge is 0.454 e. The Kier molecular flexibility index (Phi) is 16.6. The van der Waals surface area contributed by atoms with Crippen molar-refractivity contribution in [2.75, 3.05) is 26.4 Å². The average molecular weight is 687 g/mol. The van der Waals surface area contributed by atoms with E-state index in [0.717, 1.165) is 32.1 Å². The zero-order chi connectivity index (χ0) is 34.7. The van der Waals surface area contributed by atoms with Crippen molar-refractivity contribution in [3.63, 3.8) is 0 Å². The van der Waals surface area contributed by atoms with Crippen LogP contribution in [0.4, 0.5) is 0 Å². The van der Waals surface area contributed by atoms with Crippen molar-refractivity contribution in [2.45, 2.75) is 157 Å². The molecule has 0 aromatic rings. The summed E-state index contributed by atoms with van der Waals surface area (Å²) in [6.45, 7) is -1.06. The lowest BCUT2D eigenvalue weighted by atomic mass is 9.98. The lowest BCUT2D eigenvalue weighted by Crippen LogP contribution is -2.64. The molecule has 17 heteroatoms. The summed E-state index contributed by atoms with van der Waals surface area (Å²) in [6, 6.07) is 0. The van der Waals surface area contributed by atoms with Gasteiger partial charge in [-0.1, -0.05) is 58.3 Å². The third kappa shape index (κ3) is 10.2. The summed E-state index contributed by atoms with van der Waals surface area (Å²) in [6.07, 6.45) is -12.8. The quantitative estimate of drug-likeness (QED) is 0.0476. The highest BCUT2D eigenvalue weighted by atomic mass is 16.8. The highest BCUT2D eigenvalue weighted by Crippen LogP contribution is 2.37. The maximum atomic E-state index is 12.8. The minimum atomic E-state index is -2.41. The predicted molar refractivity (Wildman–Crippen MR) is 157 cm³/mol. The average Bonchev–Trinajstić information content (AvgIpc) is 3.31. The Morgan fingerprint density at radius 2 is 1.23 bits per heavy atom. The summed E-state index contributed by atoms with van der Waals surface area (Å²) in [5.74, 6) is -3.17. The summed E-state index contributed by atoms with van der Waals surface area (Å²) in [4.78, 5) is 12.8. The van der Waals surface area contributed by atoms with Gasteiger partial charge in [0.2, 0.25) is 12.1 Å². The van der Waals surface area contributed by atoms with E-state index in [-0.39, 0.29) is 6.42 Å². The van der Waals surface area contributed by atoms with E-state index in [2.05, 4.69) is 6.92 Å². The number of aliphatic hydroxyl groups excluding tert-OH is 10. The first kappa shape index (κ1) is 40.3. The van der Waals surface area contributed by atoms with E-state index < -0.39 is 118 Å². The van der Waals surface area contributed by atoms with Crippen molar-refractivity contribution in [1.29, 1.82) is 0 Å². The number of hydrogen-bond acceptors (Lipinski definition) is 17. The third-order valence-electron chi connectivity index (χ3n) is 8.89. The number of carbonyl (C=O) groups is 1. The second-order valence-corrected chi connectivity index (χ2v) is 12.4. The van der Waals surface area contributed by atoms with Crippen LogP contribution in [0.15, 0.2) is 0 Å². The van der Waals surface area contributed by atoms with Crippen LogP contribution < -0.4 is 0 Å². The standard InChI is InChI=1S/C30H54O17/c1-2-3-4-5-6-7-8-9-10-11-19(34)45-26-24(39)21(36)18(14-42-28-25(40)23(38)20(35)16(12-31)43-28)44-29(26)47-30(15-33)27(41)22(37)17(13-32)46-30/h16-18,20-29,31-33,35-41H,2-15H2,1H3/t16-,17-,18-,20+,21-,22-,23+,24+,25-,26-,27+,28+,29-,30+/m1/s1. The molecule has 10 N–H and O–H groups in total. The van der Waals surface area contributed by atoms with E-state index in [0.29, 0.717) is 6.42 Å². The fourth-order valence-corrected chi connectivity index (χ4v) is 5.92. The molecule has 47 heavy (non-hydrogen) atoms. The minimum Gasteiger partial charge on any atom is -0.454 e. The molecule has 3 rings (SSSR count). The molecule has 3 fully saturated rings. The molecular weight excluding hydrogens is 632 g/mol. The van der Waals surface area contributed by atoms with Gasteiger partial charge in [-0.3, -0.25) is 4.79 Å². The van der Waals surface area contributed by atoms with Gasteiger partial charge in [0.25, 0.3) is 0 Å². The molecule has 14 atom stereocenters. The number of hydrogen-bond donors (Lipinski definition) is 10. The summed E-state index contributed by atoms with van der Waals surface area (Å²) < 4.78 is 33.1. The van der Waals surface area contributed by atoms with Crippen molar-refractivity contribution in [3.8, 4) is 0 Å². The van der Waals surface area contributed by atoms with Crippen molar-refractivity contribution < 1.29 is 84.3 Å². The minimum absolute atomic E-state index is 0.0267. The molecule has 0 unspecified atom stereocenters. The Bertz CT molecular complexity index is 912. The Morgan fingerprint density at radius 1 is 0.660 bits per heavy atom. The molecule has 0 radical (unpaired) electrons. The third-order valence-corrected chi connectivity index (χ3v) is 8.89. The lowest BCUT2D eigenvalue weighted by molar-refractivity contribution is -0.388. The monoisotopic (exact) mass is 686 g/mol. The summed E-state index contributed by atoms with van der Waals surface area (Å²) >= 11 is 0. The molecule has 3 heterocycles. The number of esters is 1. The molecule has 3 aliphatic rings. The predicted octanol–water partition coefficient (Wildman–Crippen LogP) is -3.10. The van der Waals surface area contributed by atoms with Crippen LogP contribution in [-0.2, 0) is 33.2 Å². The van der Waals surface area contributed by atoms with Gasteiger partial charge in [0.15, 0.2) is 12.4 Å². The van der Waals surface area contributed by atoms with Gasteiger partial charge in [-0.05, 0) is 6.42 Å². The first-order valence-corrected chi connectivity index (χ1v) is 16.5. The van der Waals surface area contributed by atoms with Crippen LogP contribution in [-0.4, -0.2) is 169 Å². The Morgan fingerprint density at radius 3 is 1.81 bits per heavy atom. The summed E-state index contributed by atoms with van der Waals surface area (Å²) in [5.41, 5.74) is 0. The number of aliphatic hydroxyl groups is 10. The van der Waals surface area contributed by atoms with Crippen molar-refractivity contribution in [2.24, 2.45) is 0 Å². The molecule has 0 spiro atoms. The van der Waals surface area contributed by atoms with Crippen LogP contribution in [0.25, 0.3) is 0 Å². The van der Waals surface area contributed by atoms with Gasteiger partial charge in [0, 0.05) is 6.42 Å². The van der Waals surface area contributed by atoms with Crippen LogP contribution in [0.3, 0.4) is 0 Å². The fourth-order valence-electron chi connectivity index (χ4n) is 5.92. The maximum Gasteiger partial charge on any atom is 0.306 e. The van der Waals surface area contributed by atoms with Gasteiger partial charge in [-0.25, -0.2) is 0 Å². The van der Waals surface area contributed by atoms with E-state index in [1.807, 2.05) is 0 Å². The van der Waals surface area contributed by atoms with Crippen LogP contribution in [0.2, 0.25) is 0 Å². The molecule has 0 aromatic carbocycles. The van der Waals surface area contributed by atoms with Crippen molar-refractivity contribution >= 4 is 5.97 Å². The first-order chi connectivity index (χ1) is 22.4. The molecule has 17 nitrogen and oxygen atoms in total. The second kappa shape index (κ2) is 19.3. The summed E-state index contributed by atoms with van der Waals surface area (Å²) in [5, 5.41) is 102. The molecule has 0 aliphatic carbocycles. The van der Waals surface area contributed by atoms with Crippen LogP contribution in [0, 0.1) is 0 Å². The van der Waals surface area contributed by atoms with E-state index in [9.17, 15) is 55.9 Å². The lowest BCUT2D eigenvalue weighted by Gasteiger charge is -2.45. The molecule has 0 saturated carbocycles. The normalized spacial score (nSPS) is 40.9. The zero-order valence-electron chi connectivity index (χ0n) is 26.7. The number of carbonyl (C=O) groups excluding carboxylic acids is 1. The number of unbranched alkanes of at least 4 members (excludes halogenated alkanes) is 8. The molecule has 0 amide bonds. The van der Waals surface area contributed by atoms with Gasteiger partial charge in [0.05, 0.1) is 19.8 Å². The molecule has 3 aliphatic heterocycles. The first-order valence-electron chi connectivity index (χ1n) is 16.5. The van der Waals surface area contributed by atoms with Gasteiger partial charge < -0.3 is 79.5 Å². The molecule has 3 saturated heterocycles. The second-order valence-electron chi connectivity index (χ2n) is 12.4. The Balaban J connectivity index is 1.68. The van der Waals surface area contributed by atoms with Crippen LogP contribution in [0.1, 0.15) is 71.1 Å². The van der Waals surface area contributed by atoms with E-state index in [1.54, 1.807) is 0 Å². The fraction of sp³-hybridized carbons (Fsp3) is 0.967. The smallest absolute Gasteiger partial charge is 0.306 e. The highest BCUT2D eigenvalue weighted by Gasteiger charge is 2.59. The Hall–Kier alpha value is -1.13. The molecular formula is C30H54O17. The summed E-state index contributed by atoms with van der Waals surface area (Å²) in [7, 11) is 0. The number of rotatable bonds is 19. The van der Waals surface area contributed by atoms with E-state index in [1.165, 1.54) is 19.3 Å². The highest BCUT2D eigenvalue weighted by molar-refractivity contribution is 5.69. The molecule has 276 valence electrons. The SMILES string of the molecule is CCCCCCCCCCCC(=O)O[C@H]1[C@@H](O[C@]2(CO)O[C@H](CO)[C@@H](O)[C@@H]2O)O[C@H](CO[C@H]2O[C@H](CO)[C@H](O)[C@H](O)[C@H]2O)[C@@H](O)[C@@H]1O. The Labute approximate surface area is 273 Å². The van der Waals surface area contributed by atoms with Gasteiger partial charge in [0.1, 0.15) is 67.6 Å². The van der Waals surface area contributed by atoms with Gasteiger partial charge in [-0.2, -0.15) is 0 Å². The van der Waals surface area contributed by atoms with Gasteiger partial charge in [-0.15, -0.1) is 0 Å².